The monoisotopic (exact) mass is 875 g/mol. The van der Waals surface area contributed by atoms with E-state index in [1.54, 1.807) is 0 Å². The average molecular weight is 875 g/mol. The molecule has 0 saturated heterocycles. The summed E-state index contributed by atoms with van der Waals surface area (Å²) in [5, 5.41) is 0. The standard InChI is InChI=1S/2C8H9N2O3S.2HI.Pt/c2*1-6(11)10-14(12,13)8-4-2-7(9)3-5-8;;;/h2*2-5,9H,1H3,(H,10,11);2*1H;/q2*-1;;;+4/p-2. The first-order valence-electron chi connectivity index (χ1n) is 7.77. The second-order valence-corrected chi connectivity index (χ2v) is 25.4. The molecule has 4 N–H and O–H groups in total. The number of nitrogens with one attached hydrogen (secondary N) is 4. The van der Waals surface area contributed by atoms with Gasteiger partial charge in [-0.05, 0) is 24.3 Å². The van der Waals surface area contributed by atoms with Crippen LogP contribution in [0.2, 0.25) is 0 Å². The summed E-state index contributed by atoms with van der Waals surface area (Å²) in [6.07, 6.45) is 0. The van der Waals surface area contributed by atoms with Crippen LogP contribution in [0, 0.1) is 0 Å². The van der Waals surface area contributed by atoms with Gasteiger partial charge in [0.1, 0.15) is 0 Å². The van der Waals surface area contributed by atoms with E-state index in [0.717, 1.165) is 13.8 Å². The fourth-order valence-electron chi connectivity index (χ4n) is 1.76. The fraction of sp³-hybridized carbons (Fsp3) is 0.125. The van der Waals surface area contributed by atoms with Crippen molar-refractivity contribution >= 4 is 81.9 Å². The number of carbonyl (C=O) groups is 2. The Bertz CT molecular complexity index is 993. The molecule has 0 aromatic heterocycles. The van der Waals surface area contributed by atoms with E-state index in [2.05, 4.69) is 38.7 Å². The van der Waals surface area contributed by atoms with Gasteiger partial charge in [0.2, 0.25) is 11.8 Å². The van der Waals surface area contributed by atoms with Gasteiger partial charge in [0.05, 0.1) is 9.79 Å². The average Bonchev–Trinajstić information content (AvgIpc) is 2.61. The van der Waals surface area contributed by atoms with E-state index in [0.29, 0.717) is 11.2 Å². The second kappa shape index (κ2) is 14.2. The van der Waals surface area contributed by atoms with E-state index in [4.69, 9.17) is 11.5 Å². The van der Waals surface area contributed by atoms with Crippen LogP contribution in [0.1, 0.15) is 13.8 Å². The summed E-state index contributed by atoms with van der Waals surface area (Å²) in [6, 6.07) is 10.5. The molecule has 0 aliphatic rings. The van der Waals surface area contributed by atoms with Crippen LogP contribution in [0.25, 0.3) is 11.5 Å². The molecule has 0 fully saturated rings. The van der Waals surface area contributed by atoms with Crippen molar-refractivity contribution in [3.63, 3.8) is 0 Å². The van der Waals surface area contributed by atoms with Crippen molar-refractivity contribution in [2.45, 2.75) is 23.6 Å². The summed E-state index contributed by atoms with van der Waals surface area (Å²) in [7, 11) is -7.52. The first kappa shape index (κ1) is 30.0. The van der Waals surface area contributed by atoms with Gasteiger partial charge in [0.15, 0.2) is 0 Å². The second-order valence-electron chi connectivity index (χ2n) is 5.42. The molecule has 0 saturated carbocycles. The molecular formula is C16H18I2N4O6PtS2. The Morgan fingerprint density at radius 2 is 0.935 bits per heavy atom. The molecule has 2 aromatic rings. The predicted octanol–water partition coefficient (Wildman–Crippen LogP) is 4.16. The van der Waals surface area contributed by atoms with Gasteiger partial charge in [-0.1, -0.05) is 24.3 Å². The molecule has 0 aliphatic carbocycles. The molecule has 2 amide bonds. The molecule has 2 aromatic carbocycles. The van der Waals surface area contributed by atoms with Crippen LogP contribution in [0.15, 0.2) is 58.3 Å². The molecule has 0 aliphatic heterocycles. The Morgan fingerprint density at radius 3 is 1.13 bits per heavy atom. The van der Waals surface area contributed by atoms with E-state index >= 15 is 0 Å². The summed E-state index contributed by atoms with van der Waals surface area (Å²) >= 11 is 5.30. The molecular weight excluding hydrogens is 857 g/mol. The zero-order valence-electron chi connectivity index (χ0n) is 16.0. The summed E-state index contributed by atoms with van der Waals surface area (Å²) in [6.45, 7) is 2.24. The zero-order chi connectivity index (χ0) is 24.2. The SMILES string of the molecule is CC(=O)NS(=O)(=O)c1ccc([NH-])cc1.CC(=O)NS(=O)(=O)c1ccc([NH-])cc1.[I][Pt+2][I]. The number of sulfonamides is 2. The molecule has 0 unspecified atom stereocenters. The zero-order valence-corrected chi connectivity index (χ0v) is 24.2. The number of carbonyl (C=O) groups excluding carboxylic acids is 2. The molecule has 0 bridgehead atoms. The van der Waals surface area contributed by atoms with Crippen molar-refractivity contribution < 1.29 is 37.6 Å². The van der Waals surface area contributed by atoms with Crippen LogP contribution < -0.4 is 9.44 Å². The topological polar surface area (TPSA) is 174 Å². The third-order valence-corrected chi connectivity index (χ3v) is 5.78. The number of halogens is 2. The van der Waals surface area contributed by atoms with Crippen LogP contribution in [0.3, 0.4) is 0 Å². The Kier molecular flexibility index (Phi) is 13.8. The molecule has 15 heteroatoms. The van der Waals surface area contributed by atoms with Gasteiger partial charge >= 0.3 is 49.9 Å². The normalized spacial score (nSPS) is 10.6. The minimum absolute atomic E-state index is 0.0244. The van der Waals surface area contributed by atoms with Gasteiger partial charge in [0, 0.05) is 13.8 Å². The molecule has 0 atom stereocenters. The van der Waals surface area contributed by atoms with Gasteiger partial charge in [0.25, 0.3) is 20.0 Å². The summed E-state index contributed by atoms with van der Waals surface area (Å²) in [5.41, 5.74) is 14.7. The quantitative estimate of drug-likeness (QED) is 0.437. The van der Waals surface area contributed by atoms with Crippen molar-refractivity contribution in [3.05, 3.63) is 60.0 Å². The van der Waals surface area contributed by atoms with Crippen molar-refractivity contribution in [3.8, 4) is 0 Å². The number of rotatable bonds is 4. The van der Waals surface area contributed by atoms with E-state index in [9.17, 15) is 26.4 Å². The van der Waals surface area contributed by atoms with Gasteiger partial charge in [-0.3, -0.25) is 9.59 Å². The Labute approximate surface area is 210 Å². The number of hydrogen-bond acceptors (Lipinski definition) is 6. The predicted molar refractivity (Wildman–Crippen MR) is 131 cm³/mol. The van der Waals surface area contributed by atoms with Crippen LogP contribution in [-0.4, -0.2) is 28.6 Å². The number of benzene rings is 2. The Balaban J connectivity index is 0.000000516. The summed E-state index contributed by atoms with van der Waals surface area (Å²) < 4.78 is 49.1. The van der Waals surface area contributed by atoms with Crippen molar-refractivity contribution in [1.82, 2.24) is 9.44 Å². The molecule has 2 rings (SSSR count). The summed E-state index contributed by atoms with van der Waals surface area (Å²) in [5.74, 6) is -1.28. The third kappa shape index (κ3) is 12.6. The molecule has 0 spiro atoms. The van der Waals surface area contributed by atoms with Crippen LogP contribution >= 0.6 is 38.7 Å². The van der Waals surface area contributed by atoms with E-state index < -0.39 is 31.9 Å². The van der Waals surface area contributed by atoms with Crippen molar-refractivity contribution in [2.75, 3.05) is 0 Å². The molecule has 10 nitrogen and oxygen atoms in total. The van der Waals surface area contributed by atoms with Crippen LogP contribution in [0.4, 0.5) is 11.4 Å². The van der Waals surface area contributed by atoms with Crippen molar-refractivity contribution in [2.24, 2.45) is 0 Å². The first-order chi connectivity index (χ1) is 14.2. The number of hydrogen-bond donors (Lipinski definition) is 2. The van der Waals surface area contributed by atoms with Crippen LogP contribution in [-0.2, 0) is 40.8 Å². The molecule has 0 heterocycles. The minimum atomic E-state index is -3.76. The van der Waals surface area contributed by atoms with Gasteiger partial charge < -0.3 is 11.5 Å². The molecule has 0 radical (unpaired) electrons. The van der Waals surface area contributed by atoms with Gasteiger partial charge in [-0.2, -0.15) is 0 Å². The van der Waals surface area contributed by atoms with Gasteiger partial charge in [-0.15, -0.1) is 11.4 Å². The van der Waals surface area contributed by atoms with Gasteiger partial charge in [-0.25, -0.2) is 26.3 Å². The Hall–Kier alpha value is -0.972. The fourth-order valence-corrected chi connectivity index (χ4v) is 3.75. The maximum absolute atomic E-state index is 11.4. The van der Waals surface area contributed by atoms with E-state index in [1.165, 1.54) is 48.5 Å². The molecule has 174 valence electrons. The summed E-state index contributed by atoms with van der Waals surface area (Å²) in [4.78, 5) is 21.1. The van der Waals surface area contributed by atoms with Crippen LogP contribution in [0.5, 0.6) is 0 Å². The maximum atomic E-state index is 11.4. The van der Waals surface area contributed by atoms with E-state index in [-0.39, 0.29) is 21.2 Å². The first-order valence-corrected chi connectivity index (χ1v) is 23.6. The van der Waals surface area contributed by atoms with Crippen molar-refractivity contribution in [1.29, 1.82) is 0 Å². The number of amides is 2. The third-order valence-electron chi connectivity index (χ3n) is 2.89. The van der Waals surface area contributed by atoms with E-state index in [1.807, 2.05) is 9.44 Å². The molecule has 31 heavy (non-hydrogen) atoms. The Morgan fingerprint density at radius 1 is 0.710 bits per heavy atom.